The number of terminal acetylenes is 1. The molecule has 1 fully saturated rings. The molecule has 0 heterocycles. The average molecular weight is 368 g/mol. The first kappa shape index (κ1) is 18.8. The summed E-state index contributed by atoms with van der Waals surface area (Å²) in [5.41, 5.74) is 1.10. The van der Waals surface area contributed by atoms with Crippen molar-refractivity contribution in [3.05, 3.63) is 53.1 Å². The van der Waals surface area contributed by atoms with Crippen molar-refractivity contribution < 1.29 is 23.1 Å². The fourth-order valence-electron chi connectivity index (χ4n) is 3.53. The Morgan fingerprint density at radius 2 is 1.93 bits per heavy atom. The monoisotopic (exact) mass is 368 g/mol. The van der Waals surface area contributed by atoms with Gasteiger partial charge >= 0.3 is 0 Å². The second kappa shape index (κ2) is 7.32. The molecule has 0 radical (unpaired) electrons. The van der Waals surface area contributed by atoms with Crippen molar-refractivity contribution >= 4 is 11.6 Å². The zero-order chi connectivity index (χ0) is 19.7. The van der Waals surface area contributed by atoms with Gasteiger partial charge in [-0.3, -0.25) is 9.59 Å². The quantitative estimate of drug-likeness (QED) is 0.600. The standard InChI is InChI=1S/C22H18F2O3/c1-4-5-13-10-18(25)21(22(13)26)20-17(24)9-14(11-19(20)27-3)15-7-6-12(2)8-16(15)23/h1,6-9,11,13,21H,5,10H2,2-3H3. The summed E-state index contributed by atoms with van der Waals surface area (Å²) in [5, 5.41) is 0. The van der Waals surface area contributed by atoms with Gasteiger partial charge in [-0.05, 0) is 36.2 Å². The van der Waals surface area contributed by atoms with E-state index in [1.807, 2.05) is 0 Å². The number of carbonyl (C=O) groups is 2. The zero-order valence-electron chi connectivity index (χ0n) is 15.0. The van der Waals surface area contributed by atoms with E-state index < -0.39 is 29.3 Å². The number of ether oxygens (including phenoxy) is 1. The number of aryl methyl sites for hydroxylation is 1. The van der Waals surface area contributed by atoms with Gasteiger partial charge in [-0.1, -0.05) is 12.1 Å². The van der Waals surface area contributed by atoms with E-state index in [2.05, 4.69) is 5.92 Å². The number of rotatable bonds is 4. The van der Waals surface area contributed by atoms with Crippen LogP contribution in [0.2, 0.25) is 0 Å². The Balaban J connectivity index is 2.10. The van der Waals surface area contributed by atoms with Gasteiger partial charge in [0.05, 0.1) is 7.11 Å². The van der Waals surface area contributed by atoms with Crippen LogP contribution in [0.15, 0.2) is 30.3 Å². The lowest BCUT2D eigenvalue weighted by Crippen LogP contribution is -2.17. The highest BCUT2D eigenvalue weighted by atomic mass is 19.1. The molecule has 0 N–H and O–H groups in total. The third-order valence-corrected chi connectivity index (χ3v) is 4.86. The molecule has 0 bridgehead atoms. The van der Waals surface area contributed by atoms with Crippen LogP contribution in [0.25, 0.3) is 11.1 Å². The Labute approximate surface area is 156 Å². The Morgan fingerprint density at radius 1 is 1.19 bits per heavy atom. The van der Waals surface area contributed by atoms with Gasteiger partial charge in [-0.15, -0.1) is 12.3 Å². The highest BCUT2D eigenvalue weighted by molar-refractivity contribution is 6.15. The third-order valence-electron chi connectivity index (χ3n) is 4.86. The Morgan fingerprint density at radius 3 is 2.56 bits per heavy atom. The number of carbonyl (C=O) groups excluding carboxylic acids is 2. The predicted octanol–water partition coefficient (Wildman–Crippen LogP) is 4.21. The van der Waals surface area contributed by atoms with E-state index in [0.29, 0.717) is 0 Å². The molecule has 3 nitrogen and oxygen atoms in total. The first-order chi connectivity index (χ1) is 12.9. The van der Waals surface area contributed by atoms with E-state index >= 15 is 0 Å². The molecule has 1 aliphatic rings. The summed E-state index contributed by atoms with van der Waals surface area (Å²) in [4.78, 5) is 24.9. The molecule has 138 valence electrons. The third kappa shape index (κ3) is 3.35. The van der Waals surface area contributed by atoms with Crippen LogP contribution in [-0.4, -0.2) is 18.7 Å². The summed E-state index contributed by atoms with van der Waals surface area (Å²) in [5.74, 6) is -1.48. The lowest BCUT2D eigenvalue weighted by Gasteiger charge is -2.16. The van der Waals surface area contributed by atoms with E-state index in [1.165, 1.54) is 19.2 Å². The van der Waals surface area contributed by atoms with Gasteiger partial charge < -0.3 is 4.74 Å². The van der Waals surface area contributed by atoms with Crippen molar-refractivity contribution in [2.75, 3.05) is 7.11 Å². The van der Waals surface area contributed by atoms with E-state index in [4.69, 9.17) is 11.2 Å². The lowest BCUT2D eigenvalue weighted by atomic mass is 9.90. The SMILES string of the molecule is C#CCC1CC(=O)C(c2c(F)cc(-c3ccc(C)cc3F)cc2OC)C1=O. The normalized spacial score (nSPS) is 19.2. The Hall–Kier alpha value is -3.00. The zero-order valence-corrected chi connectivity index (χ0v) is 15.0. The molecule has 3 rings (SSSR count). The molecule has 0 aromatic heterocycles. The number of methoxy groups -OCH3 is 1. The summed E-state index contributed by atoms with van der Waals surface area (Å²) in [6.45, 7) is 1.75. The van der Waals surface area contributed by atoms with Gasteiger partial charge in [0.15, 0.2) is 5.78 Å². The van der Waals surface area contributed by atoms with E-state index in [9.17, 15) is 18.4 Å². The van der Waals surface area contributed by atoms with Crippen LogP contribution < -0.4 is 4.74 Å². The molecular formula is C22H18F2O3. The number of ketones is 2. The summed E-state index contributed by atoms with van der Waals surface area (Å²) >= 11 is 0. The van der Waals surface area contributed by atoms with Crippen molar-refractivity contribution in [1.29, 1.82) is 0 Å². The minimum Gasteiger partial charge on any atom is -0.496 e. The summed E-state index contributed by atoms with van der Waals surface area (Å²) in [7, 11) is 1.32. The minimum atomic E-state index is -1.24. The molecule has 2 aromatic rings. The first-order valence-corrected chi connectivity index (χ1v) is 8.51. The van der Waals surface area contributed by atoms with Crippen LogP contribution in [0.1, 0.15) is 29.9 Å². The second-order valence-electron chi connectivity index (χ2n) is 6.67. The van der Waals surface area contributed by atoms with Crippen LogP contribution in [0.4, 0.5) is 8.78 Å². The fraction of sp³-hybridized carbons (Fsp3) is 0.273. The maximum atomic E-state index is 15.0. The molecule has 5 heteroatoms. The maximum Gasteiger partial charge on any atom is 0.152 e. The minimum absolute atomic E-state index is 0.00929. The average Bonchev–Trinajstić information content (AvgIpc) is 2.88. The van der Waals surface area contributed by atoms with Crippen molar-refractivity contribution in [2.45, 2.75) is 25.7 Å². The molecule has 1 saturated carbocycles. The highest BCUT2D eigenvalue weighted by Crippen LogP contribution is 2.41. The van der Waals surface area contributed by atoms with Crippen molar-refractivity contribution in [2.24, 2.45) is 5.92 Å². The molecule has 0 spiro atoms. The Bertz CT molecular complexity index is 972. The number of halogens is 2. The lowest BCUT2D eigenvalue weighted by molar-refractivity contribution is -0.124. The second-order valence-corrected chi connectivity index (χ2v) is 6.67. The van der Waals surface area contributed by atoms with E-state index in [0.717, 1.165) is 11.6 Å². The molecular weight excluding hydrogens is 350 g/mol. The largest absolute Gasteiger partial charge is 0.496 e. The van der Waals surface area contributed by atoms with Gasteiger partial charge in [0.2, 0.25) is 0 Å². The Kier molecular flexibility index (Phi) is 5.09. The van der Waals surface area contributed by atoms with Crippen LogP contribution in [-0.2, 0) is 9.59 Å². The van der Waals surface area contributed by atoms with Crippen LogP contribution >= 0.6 is 0 Å². The highest BCUT2D eigenvalue weighted by Gasteiger charge is 2.44. The molecule has 0 saturated heterocycles. The smallest absolute Gasteiger partial charge is 0.152 e. The topological polar surface area (TPSA) is 43.4 Å². The molecule has 2 aromatic carbocycles. The molecule has 27 heavy (non-hydrogen) atoms. The number of hydrogen-bond donors (Lipinski definition) is 0. The summed E-state index contributed by atoms with van der Waals surface area (Å²) in [6, 6.07) is 7.18. The number of hydrogen-bond acceptors (Lipinski definition) is 3. The van der Waals surface area contributed by atoms with Crippen LogP contribution in [0.5, 0.6) is 5.75 Å². The molecule has 0 amide bonds. The van der Waals surface area contributed by atoms with E-state index in [1.54, 1.807) is 19.1 Å². The molecule has 2 unspecified atom stereocenters. The molecule has 0 aliphatic heterocycles. The molecule has 2 atom stereocenters. The summed E-state index contributed by atoms with van der Waals surface area (Å²) in [6.07, 6.45) is 5.37. The first-order valence-electron chi connectivity index (χ1n) is 8.51. The predicted molar refractivity (Wildman–Crippen MR) is 97.4 cm³/mol. The number of Topliss-reactive ketones (excluding diaryl/α,β-unsaturated/α-hetero) is 2. The van der Waals surface area contributed by atoms with E-state index in [-0.39, 0.29) is 41.1 Å². The van der Waals surface area contributed by atoms with Crippen molar-refractivity contribution in [3.8, 4) is 29.2 Å². The van der Waals surface area contributed by atoms with Gasteiger partial charge in [-0.2, -0.15) is 0 Å². The van der Waals surface area contributed by atoms with Gasteiger partial charge in [0, 0.05) is 29.9 Å². The summed E-state index contributed by atoms with van der Waals surface area (Å²) < 4.78 is 34.5. The van der Waals surface area contributed by atoms with Gasteiger partial charge in [-0.25, -0.2) is 8.78 Å². The van der Waals surface area contributed by atoms with Crippen LogP contribution in [0, 0.1) is 36.8 Å². The van der Waals surface area contributed by atoms with Crippen molar-refractivity contribution in [3.63, 3.8) is 0 Å². The van der Waals surface area contributed by atoms with Crippen molar-refractivity contribution in [1.82, 2.24) is 0 Å². The van der Waals surface area contributed by atoms with Gasteiger partial charge in [0.25, 0.3) is 0 Å². The van der Waals surface area contributed by atoms with Crippen LogP contribution in [0.3, 0.4) is 0 Å². The molecule has 1 aliphatic carbocycles. The fourth-order valence-corrected chi connectivity index (χ4v) is 3.53. The maximum absolute atomic E-state index is 15.0. The number of benzene rings is 2. The van der Waals surface area contributed by atoms with Gasteiger partial charge in [0.1, 0.15) is 29.1 Å².